The van der Waals surface area contributed by atoms with E-state index in [1.165, 1.54) is 6.08 Å². The van der Waals surface area contributed by atoms with E-state index in [0.717, 1.165) is 16.8 Å². The third-order valence-electron chi connectivity index (χ3n) is 3.37. The maximum absolute atomic E-state index is 11.6. The predicted octanol–water partition coefficient (Wildman–Crippen LogP) is 4.46. The molecule has 0 bridgehead atoms. The fourth-order valence-corrected chi connectivity index (χ4v) is 2.28. The van der Waals surface area contributed by atoms with Gasteiger partial charge in [0.25, 0.3) is 0 Å². The Kier molecular flexibility index (Phi) is 4.06. The van der Waals surface area contributed by atoms with E-state index in [2.05, 4.69) is 16.9 Å². The molecule has 0 aliphatic heterocycles. The highest BCUT2D eigenvalue weighted by atomic mass is 16.5. The van der Waals surface area contributed by atoms with Crippen molar-refractivity contribution in [3.8, 4) is 11.5 Å². The summed E-state index contributed by atoms with van der Waals surface area (Å²) in [4.78, 5) is 16.2. The standard InChI is InChI=1S/C19H16N2O2/c1-3-18(22)21-16-11-12-17(23-14-7-5-4-6-8-14)19-15(16)10-9-13(2)20-19/h3-12H,1H2,2H3,(H,21,22). The summed E-state index contributed by atoms with van der Waals surface area (Å²) in [5.41, 5.74) is 2.26. The number of carbonyl (C=O) groups excluding carboxylic acids is 1. The van der Waals surface area contributed by atoms with E-state index in [4.69, 9.17) is 4.74 Å². The Balaban J connectivity index is 2.09. The molecule has 3 rings (SSSR count). The van der Waals surface area contributed by atoms with Crippen molar-refractivity contribution in [1.82, 2.24) is 4.98 Å². The smallest absolute Gasteiger partial charge is 0.247 e. The lowest BCUT2D eigenvalue weighted by atomic mass is 10.1. The van der Waals surface area contributed by atoms with Crippen molar-refractivity contribution in [3.63, 3.8) is 0 Å². The van der Waals surface area contributed by atoms with Gasteiger partial charge in [-0.15, -0.1) is 0 Å². The van der Waals surface area contributed by atoms with Crippen molar-refractivity contribution in [2.45, 2.75) is 6.92 Å². The van der Waals surface area contributed by atoms with E-state index in [0.29, 0.717) is 17.0 Å². The highest BCUT2D eigenvalue weighted by molar-refractivity contribution is 6.06. The van der Waals surface area contributed by atoms with Crippen LogP contribution in [-0.4, -0.2) is 10.9 Å². The number of fused-ring (bicyclic) bond motifs is 1. The molecule has 0 saturated heterocycles. The number of rotatable bonds is 4. The van der Waals surface area contributed by atoms with Gasteiger partial charge in [0.15, 0.2) is 5.75 Å². The summed E-state index contributed by atoms with van der Waals surface area (Å²) in [6.07, 6.45) is 1.24. The second-order valence-corrected chi connectivity index (χ2v) is 5.07. The van der Waals surface area contributed by atoms with Crippen molar-refractivity contribution >= 4 is 22.5 Å². The molecule has 3 aromatic rings. The molecule has 0 radical (unpaired) electrons. The highest BCUT2D eigenvalue weighted by Gasteiger charge is 2.11. The minimum Gasteiger partial charge on any atom is -0.455 e. The van der Waals surface area contributed by atoms with Crippen LogP contribution >= 0.6 is 0 Å². The first-order valence-corrected chi connectivity index (χ1v) is 7.24. The fraction of sp³-hybridized carbons (Fsp3) is 0.0526. The van der Waals surface area contributed by atoms with E-state index in [1.54, 1.807) is 12.1 Å². The number of hydrogen-bond donors (Lipinski definition) is 1. The Morgan fingerprint density at radius 3 is 2.65 bits per heavy atom. The van der Waals surface area contributed by atoms with Crippen LogP contribution in [0.15, 0.2) is 67.3 Å². The lowest BCUT2D eigenvalue weighted by Crippen LogP contribution is -2.08. The third kappa shape index (κ3) is 3.21. The summed E-state index contributed by atoms with van der Waals surface area (Å²) in [5.74, 6) is 1.12. The highest BCUT2D eigenvalue weighted by Crippen LogP contribution is 2.33. The summed E-state index contributed by atoms with van der Waals surface area (Å²) in [7, 11) is 0. The summed E-state index contributed by atoms with van der Waals surface area (Å²) >= 11 is 0. The molecule has 0 saturated carbocycles. The first-order valence-electron chi connectivity index (χ1n) is 7.24. The molecule has 0 unspecified atom stereocenters. The Labute approximate surface area is 134 Å². The first kappa shape index (κ1) is 14.8. The molecule has 1 heterocycles. The second kappa shape index (κ2) is 6.32. The molecule has 1 aromatic heterocycles. The predicted molar refractivity (Wildman–Crippen MR) is 91.8 cm³/mol. The van der Waals surface area contributed by atoms with Crippen LogP contribution in [0.3, 0.4) is 0 Å². The van der Waals surface area contributed by atoms with E-state index in [1.807, 2.05) is 49.4 Å². The minimum atomic E-state index is -0.261. The maximum Gasteiger partial charge on any atom is 0.247 e. The van der Waals surface area contributed by atoms with Crippen molar-refractivity contribution in [2.24, 2.45) is 0 Å². The van der Waals surface area contributed by atoms with E-state index >= 15 is 0 Å². The summed E-state index contributed by atoms with van der Waals surface area (Å²) < 4.78 is 5.94. The van der Waals surface area contributed by atoms with Crippen LogP contribution < -0.4 is 10.1 Å². The SMILES string of the molecule is C=CC(=O)Nc1ccc(Oc2ccccc2)c2nc(C)ccc12. The Bertz CT molecular complexity index is 873. The Hall–Kier alpha value is -3.14. The maximum atomic E-state index is 11.6. The van der Waals surface area contributed by atoms with Gasteiger partial charge in [-0.2, -0.15) is 0 Å². The van der Waals surface area contributed by atoms with Gasteiger partial charge in [0, 0.05) is 11.1 Å². The second-order valence-electron chi connectivity index (χ2n) is 5.07. The van der Waals surface area contributed by atoms with Gasteiger partial charge in [-0.1, -0.05) is 24.8 Å². The van der Waals surface area contributed by atoms with Gasteiger partial charge in [0.2, 0.25) is 5.91 Å². The average molecular weight is 304 g/mol. The molecule has 0 fully saturated rings. The molecule has 4 heteroatoms. The number of para-hydroxylation sites is 1. The molecule has 1 amide bonds. The number of aromatic nitrogens is 1. The molecular weight excluding hydrogens is 288 g/mol. The minimum absolute atomic E-state index is 0.261. The van der Waals surface area contributed by atoms with E-state index < -0.39 is 0 Å². The molecule has 0 atom stereocenters. The Morgan fingerprint density at radius 1 is 1.13 bits per heavy atom. The molecule has 114 valence electrons. The number of carbonyl (C=O) groups is 1. The number of benzene rings is 2. The van der Waals surface area contributed by atoms with Gasteiger partial charge in [0.05, 0.1) is 5.69 Å². The lowest BCUT2D eigenvalue weighted by molar-refractivity contribution is -0.111. The number of ether oxygens (including phenoxy) is 1. The number of nitrogens with one attached hydrogen (secondary N) is 1. The van der Waals surface area contributed by atoms with Crippen molar-refractivity contribution in [2.75, 3.05) is 5.32 Å². The summed E-state index contributed by atoms with van der Waals surface area (Å²) in [5, 5.41) is 3.61. The third-order valence-corrected chi connectivity index (χ3v) is 3.37. The van der Waals surface area contributed by atoms with Crippen molar-refractivity contribution < 1.29 is 9.53 Å². The molecular formula is C19H16N2O2. The fourth-order valence-electron chi connectivity index (χ4n) is 2.28. The molecule has 0 aliphatic carbocycles. The monoisotopic (exact) mass is 304 g/mol. The Morgan fingerprint density at radius 2 is 1.91 bits per heavy atom. The zero-order valence-electron chi connectivity index (χ0n) is 12.7. The zero-order chi connectivity index (χ0) is 16.2. The molecule has 1 N–H and O–H groups in total. The van der Waals surface area contributed by atoms with Gasteiger partial charge < -0.3 is 10.1 Å². The van der Waals surface area contributed by atoms with Gasteiger partial charge in [0.1, 0.15) is 11.3 Å². The van der Waals surface area contributed by atoms with E-state index in [-0.39, 0.29) is 5.91 Å². The van der Waals surface area contributed by atoms with Gasteiger partial charge in [-0.05, 0) is 49.4 Å². The molecule has 23 heavy (non-hydrogen) atoms. The van der Waals surface area contributed by atoms with Gasteiger partial charge >= 0.3 is 0 Å². The van der Waals surface area contributed by atoms with Crippen LogP contribution in [0.25, 0.3) is 10.9 Å². The molecule has 4 nitrogen and oxygen atoms in total. The summed E-state index contributed by atoms with van der Waals surface area (Å²) in [6, 6.07) is 17.0. The van der Waals surface area contributed by atoms with E-state index in [9.17, 15) is 4.79 Å². The molecule has 0 spiro atoms. The van der Waals surface area contributed by atoms with Crippen LogP contribution in [0.4, 0.5) is 5.69 Å². The van der Waals surface area contributed by atoms with Crippen molar-refractivity contribution in [3.05, 3.63) is 72.9 Å². The number of hydrogen-bond acceptors (Lipinski definition) is 3. The number of aryl methyl sites for hydroxylation is 1. The quantitative estimate of drug-likeness (QED) is 0.724. The zero-order valence-corrected chi connectivity index (χ0v) is 12.7. The number of nitrogens with zero attached hydrogens (tertiary/aromatic N) is 1. The first-order chi connectivity index (χ1) is 11.2. The molecule has 2 aromatic carbocycles. The van der Waals surface area contributed by atoms with Gasteiger partial charge in [-0.3, -0.25) is 4.79 Å². The molecule has 0 aliphatic rings. The number of anilines is 1. The van der Waals surface area contributed by atoms with Crippen molar-refractivity contribution in [1.29, 1.82) is 0 Å². The normalized spacial score (nSPS) is 10.3. The topological polar surface area (TPSA) is 51.2 Å². The number of amides is 1. The van der Waals surface area contributed by atoms with Crippen LogP contribution in [0.1, 0.15) is 5.69 Å². The summed E-state index contributed by atoms with van der Waals surface area (Å²) in [6.45, 7) is 5.39. The van der Waals surface area contributed by atoms with Crippen LogP contribution in [-0.2, 0) is 4.79 Å². The average Bonchev–Trinajstić information content (AvgIpc) is 2.57. The largest absolute Gasteiger partial charge is 0.455 e. The van der Waals surface area contributed by atoms with Crippen LogP contribution in [0, 0.1) is 6.92 Å². The van der Waals surface area contributed by atoms with Crippen LogP contribution in [0.5, 0.6) is 11.5 Å². The lowest BCUT2D eigenvalue weighted by Gasteiger charge is -2.12. The van der Waals surface area contributed by atoms with Gasteiger partial charge in [-0.25, -0.2) is 4.98 Å². The van der Waals surface area contributed by atoms with Crippen LogP contribution in [0.2, 0.25) is 0 Å². The number of pyridine rings is 1.